The molecule has 0 aliphatic heterocycles. The lowest BCUT2D eigenvalue weighted by Crippen LogP contribution is -2.01. The highest BCUT2D eigenvalue weighted by molar-refractivity contribution is 14.1. The van der Waals surface area contributed by atoms with E-state index in [-0.39, 0.29) is 0 Å². The third-order valence-electron chi connectivity index (χ3n) is 1.51. The molecule has 0 unspecified atom stereocenters. The van der Waals surface area contributed by atoms with Crippen LogP contribution in [0.3, 0.4) is 0 Å². The molecular formula is C6H5BIN3. The van der Waals surface area contributed by atoms with Crippen molar-refractivity contribution in [3.8, 4) is 0 Å². The van der Waals surface area contributed by atoms with E-state index in [1.165, 1.54) is 0 Å². The summed E-state index contributed by atoms with van der Waals surface area (Å²) in [6.07, 6.45) is 1.83. The molecule has 0 atom stereocenters. The molecule has 1 N–H and O–H groups in total. The number of hydrogen-bond donors (Lipinski definition) is 1. The third-order valence-corrected chi connectivity index (χ3v) is 2.33. The predicted molar refractivity (Wildman–Crippen MR) is 54.8 cm³/mol. The number of nitrogens with one attached hydrogen (secondary N) is 1. The number of fused-ring (bicyclic) bond motifs is 1. The first-order valence-corrected chi connectivity index (χ1v) is 4.31. The fourth-order valence-corrected chi connectivity index (χ4v) is 1.51. The molecule has 2 aromatic heterocycles. The van der Waals surface area contributed by atoms with Crippen LogP contribution in [0.25, 0.3) is 11.0 Å². The third kappa shape index (κ3) is 1.13. The normalized spacial score (nSPS) is 10.6. The molecule has 11 heavy (non-hydrogen) atoms. The van der Waals surface area contributed by atoms with Gasteiger partial charge in [0.15, 0.2) is 5.65 Å². The van der Waals surface area contributed by atoms with Gasteiger partial charge in [0.2, 0.25) is 0 Å². The summed E-state index contributed by atoms with van der Waals surface area (Å²) >= 11 is 2.19. The minimum Gasteiger partial charge on any atom is -0.260 e. The fraction of sp³-hybridized carbons (Fsp3) is 0. The number of nitrogens with zero attached hydrogens (tertiary/aromatic N) is 2. The highest BCUT2D eigenvalue weighted by Crippen LogP contribution is 2.12. The van der Waals surface area contributed by atoms with Crippen LogP contribution in [0.15, 0.2) is 12.3 Å². The van der Waals surface area contributed by atoms with Gasteiger partial charge in [-0.15, -0.1) is 0 Å². The minimum atomic E-state index is 0.861. The maximum atomic E-state index is 4.18. The number of halogens is 1. The summed E-state index contributed by atoms with van der Waals surface area (Å²) < 4.78 is 0.980. The van der Waals surface area contributed by atoms with Crippen molar-refractivity contribution in [3.05, 3.63) is 16.0 Å². The van der Waals surface area contributed by atoms with E-state index >= 15 is 0 Å². The number of hydrogen-bond acceptors (Lipinski definition) is 2. The molecule has 2 heterocycles. The van der Waals surface area contributed by atoms with Crippen LogP contribution in [0, 0.1) is 3.70 Å². The van der Waals surface area contributed by atoms with Crippen LogP contribution in [-0.4, -0.2) is 23.0 Å². The second kappa shape index (κ2) is 2.47. The standard InChI is InChI=1S/C6H5BIN3/c7-3-1-4-5(8)10-11-6(4)9-2-3/h1-2H,7H2,(H,9,10,11). The number of H-pyrrole nitrogens is 1. The summed E-state index contributed by atoms with van der Waals surface area (Å²) in [5.41, 5.74) is 2.02. The maximum Gasteiger partial charge on any atom is 0.156 e. The zero-order valence-corrected chi connectivity index (χ0v) is 8.08. The second-order valence-electron chi connectivity index (χ2n) is 2.42. The van der Waals surface area contributed by atoms with Crippen molar-refractivity contribution in [1.82, 2.24) is 15.2 Å². The van der Waals surface area contributed by atoms with Gasteiger partial charge in [-0.05, 0) is 22.6 Å². The predicted octanol–water partition coefficient (Wildman–Crippen LogP) is -0.179. The van der Waals surface area contributed by atoms with Crippen LogP contribution in [0.4, 0.5) is 0 Å². The van der Waals surface area contributed by atoms with E-state index in [1.807, 2.05) is 14.0 Å². The summed E-state index contributed by atoms with van der Waals surface area (Å²) in [4.78, 5) is 4.18. The molecule has 0 bridgehead atoms. The number of aromatic amines is 1. The fourth-order valence-electron chi connectivity index (χ4n) is 0.978. The molecular weight excluding hydrogens is 252 g/mol. The largest absolute Gasteiger partial charge is 0.260 e. The van der Waals surface area contributed by atoms with E-state index in [0.717, 1.165) is 20.2 Å². The smallest absolute Gasteiger partial charge is 0.156 e. The number of aromatic nitrogens is 3. The van der Waals surface area contributed by atoms with Gasteiger partial charge in [-0.1, -0.05) is 11.5 Å². The van der Waals surface area contributed by atoms with Crippen molar-refractivity contribution in [2.45, 2.75) is 0 Å². The molecule has 0 amide bonds. The number of rotatable bonds is 0. The van der Waals surface area contributed by atoms with Gasteiger partial charge < -0.3 is 0 Å². The van der Waals surface area contributed by atoms with Gasteiger partial charge in [0, 0.05) is 6.20 Å². The molecule has 0 saturated carbocycles. The molecule has 0 saturated heterocycles. The molecule has 0 radical (unpaired) electrons. The van der Waals surface area contributed by atoms with Crippen LogP contribution < -0.4 is 5.46 Å². The quantitative estimate of drug-likeness (QED) is 0.525. The van der Waals surface area contributed by atoms with E-state index < -0.39 is 0 Å². The lowest BCUT2D eigenvalue weighted by Gasteiger charge is -1.89. The van der Waals surface area contributed by atoms with Crippen LogP contribution in [0.1, 0.15) is 0 Å². The lowest BCUT2D eigenvalue weighted by atomic mass is 9.98. The summed E-state index contributed by atoms with van der Waals surface area (Å²) in [5.74, 6) is 0. The zero-order valence-electron chi connectivity index (χ0n) is 5.93. The average molecular weight is 257 g/mol. The second-order valence-corrected chi connectivity index (χ2v) is 3.45. The highest BCUT2D eigenvalue weighted by atomic mass is 127. The van der Waals surface area contributed by atoms with Crippen molar-refractivity contribution in [3.63, 3.8) is 0 Å². The van der Waals surface area contributed by atoms with Gasteiger partial charge in [-0.25, -0.2) is 4.98 Å². The maximum absolute atomic E-state index is 4.18. The van der Waals surface area contributed by atoms with E-state index in [4.69, 9.17) is 0 Å². The molecule has 0 aromatic carbocycles. The summed E-state index contributed by atoms with van der Waals surface area (Å²) in [6.45, 7) is 0. The lowest BCUT2D eigenvalue weighted by molar-refractivity contribution is 1.08. The van der Waals surface area contributed by atoms with E-state index in [0.29, 0.717) is 0 Å². The van der Waals surface area contributed by atoms with Gasteiger partial charge in [-0.2, -0.15) is 5.10 Å². The Balaban J connectivity index is 2.87. The molecule has 0 spiro atoms. The first-order valence-electron chi connectivity index (χ1n) is 3.23. The van der Waals surface area contributed by atoms with Crippen molar-refractivity contribution in [1.29, 1.82) is 0 Å². The Kier molecular flexibility index (Phi) is 1.59. The number of pyridine rings is 1. The Labute approximate surface area is 78.1 Å². The molecule has 0 fully saturated rings. The van der Waals surface area contributed by atoms with Crippen molar-refractivity contribution < 1.29 is 0 Å². The molecule has 0 aliphatic carbocycles. The van der Waals surface area contributed by atoms with E-state index in [2.05, 4.69) is 43.8 Å². The van der Waals surface area contributed by atoms with Crippen LogP contribution >= 0.6 is 22.6 Å². The molecule has 3 nitrogen and oxygen atoms in total. The average Bonchev–Trinajstić information content (AvgIpc) is 2.33. The van der Waals surface area contributed by atoms with Crippen molar-refractivity contribution in [2.24, 2.45) is 0 Å². The summed E-state index contributed by atoms with van der Waals surface area (Å²) in [7, 11) is 2.02. The monoisotopic (exact) mass is 257 g/mol. The Morgan fingerprint density at radius 1 is 1.55 bits per heavy atom. The molecule has 54 valence electrons. The first-order chi connectivity index (χ1) is 5.27. The minimum absolute atomic E-state index is 0.861. The molecule has 2 aromatic rings. The molecule has 5 heteroatoms. The van der Waals surface area contributed by atoms with Gasteiger partial charge in [0.25, 0.3) is 0 Å². The Bertz CT molecular complexity index is 398. The van der Waals surface area contributed by atoms with Gasteiger partial charge in [-0.3, -0.25) is 5.10 Å². The van der Waals surface area contributed by atoms with Crippen molar-refractivity contribution >= 4 is 46.9 Å². The SMILES string of the molecule is Bc1cnc2[nH]nc(I)c2c1. The highest BCUT2D eigenvalue weighted by Gasteiger charge is 2.01. The zero-order chi connectivity index (χ0) is 7.84. The molecule has 2 rings (SSSR count). The first kappa shape index (κ1) is 7.09. The van der Waals surface area contributed by atoms with Gasteiger partial charge in [0.1, 0.15) is 11.5 Å². The Hall–Kier alpha value is -0.585. The van der Waals surface area contributed by atoms with Crippen LogP contribution in [0.5, 0.6) is 0 Å². The Morgan fingerprint density at radius 2 is 2.36 bits per heavy atom. The van der Waals surface area contributed by atoms with Gasteiger partial charge >= 0.3 is 0 Å². The van der Waals surface area contributed by atoms with Crippen molar-refractivity contribution in [2.75, 3.05) is 0 Å². The van der Waals surface area contributed by atoms with Gasteiger partial charge in [0.05, 0.1) is 5.39 Å². The summed E-state index contributed by atoms with van der Waals surface area (Å²) in [6, 6.07) is 2.08. The van der Waals surface area contributed by atoms with E-state index in [1.54, 1.807) is 0 Å². The van der Waals surface area contributed by atoms with Crippen LogP contribution in [-0.2, 0) is 0 Å². The van der Waals surface area contributed by atoms with E-state index in [9.17, 15) is 0 Å². The Morgan fingerprint density at radius 3 is 3.18 bits per heavy atom. The van der Waals surface area contributed by atoms with Crippen LogP contribution in [0.2, 0.25) is 0 Å². The topological polar surface area (TPSA) is 41.6 Å². The molecule has 0 aliphatic rings. The summed E-state index contributed by atoms with van der Waals surface area (Å²) in [5, 5.41) is 7.98.